The molecule has 1 heterocycles. The Hall–Kier alpha value is -5.49. The van der Waals surface area contributed by atoms with Crippen LogP contribution in [-0.2, 0) is 20.9 Å². The Labute approximate surface area is 364 Å². The van der Waals surface area contributed by atoms with E-state index in [1.165, 1.54) is 12.1 Å². The summed E-state index contributed by atoms with van der Waals surface area (Å²) in [7, 11) is 0. The van der Waals surface area contributed by atoms with Gasteiger partial charge in [-0.25, -0.2) is 9.18 Å². The Kier molecular flexibility index (Phi) is 15.1. The van der Waals surface area contributed by atoms with Crippen LogP contribution in [-0.4, -0.2) is 71.8 Å². The number of hydrogen-bond donors (Lipinski definition) is 2. The van der Waals surface area contributed by atoms with Gasteiger partial charge in [-0.1, -0.05) is 78.7 Å². The molecule has 6 unspecified atom stereocenters. The largest absolute Gasteiger partial charge is 0.459 e. The highest BCUT2D eigenvalue weighted by molar-refractivity contribution is 6.03. The number of carbonyl (C=O) groups excluding carboxylic acids is 1. The third kappa shape index (κ3) is 9.75. The van der Waals surface area contributed by atoms with Crippen LogP contribution in [0.25, 0.3) is 10.8 Å². The van der Waals surface area contributed by atoms with Crippen LogP contribution >= 0.6 is 0 Å². The molecule has 0 aromatic heterocycles. The van der Waals surface area contributed by atoms with Crippen molar-refractivity contribution < 1.29 is 43.2 Å². The highest BCUT2D eigenvalue weighted by atomic mass is 19.1. The number of ether oxygens (including phenoxy) is 4. The molecule has 10 nitrogen and oxygen atoms in total. The molecule has 0 saturated heterocycles. The Morgan fingerprint density at radius 2 is 1.68 bits per heavy atom. The first kappa shape index (κ1) is 44.6. The third-order valence-corrected chi connectivity index (χ3v) is 12.3. The van der Waals surface area contributed by atoms with Gasteiger partial charge >= 0.3 is 6.09 Å². The number of aliphatic hydroxyl groups excluding tert-OH is 2. The van der Waals surface area contributed by atoms with E-state index in [9.17, 15) is 19.4 Å². The van der Waals surface area contributed by atoms with Crippen LogP contribution in [0.15, 0.2) is 127 Å². The van der Waals surface area contributed by atoms with Gasteiger partial charge in [0, 0.05) is 37.7 Å². The van der Waals surface area contributed by atoms with Crippen LogP contribution in [0, 0.1) is 23.6 Å². The van der Waals surface area contributed by atoms with E-state index in [-0.39, 0.29) is 63.0 Å². The summed E-state index contributed by atoms with van der Waals surface area (Å²) in [5.74, 6) is -0.626. The molecule has 7 rings (SSSR count). The number of rotatable bonds is 21. The molecule has 6 atom stereocenters. The van der Waals surface area contributed by atoms with E-state index in [4.69, 9.17) is 28.9 Å². The molecule has 0 radical (unpaired) electrons. The molecule has 3 aliphatic rings. The minimum absolute atomic E-state index is 0.0245. The standard InChI is InChI=1S/C51H59FN2O8/c1-4-7-29-58-50(57)54(34-35-18-21-39(52)22-19-35)47-33-45(53-60-6-3)43-31-38(16-10-12-26-55)42(17-11-13-27-56)48-44-32-41(61-40-23-20-36-14-8-9-15-37(36)30-40)24-25-46(44)62-51(47,49(43)48)59-28-5-2/h4-5,8-9,14-15,18-25,30-32,38,42,47-49,55-56H,1-2,6-7,10-13,16-17,26-29,33-34H2,3H3. The number of unbranched alkanes of at least 4 members (excludes halogenated alkanes) is 2. The number of benzene rings is 4. The molecule has 11 heteroatoms. The summed E-state index contributed by atoms with van der Waals surface area (Å²) in [5, 5.41) is 26.8. The zero-order chi connectivity index (χ0) is 43.5. The van der Waals surface area contributed by atoms with Crippen molar-refractivity contribution in [3.63, 3.8) is 0 Å². The number of hydrogen-bond acceptors (Lipinski definition) is 9. The van der Waals surface area contributed by atoms with E-state index >= 15 is 0 Å². The Balaban J connectivity index is 1.43. The molecule has 4 aromatic carbocycles. The van der Waals surface area contributed by atoms with Crippen LogP contribution in [0.2, 0.25) is 0 Å². The fourth-order valence-corrected chi connectivity index (χ4v) is 9.62. The number of fused-ring (bicyclic) bond motifs is 3. The molecular weight excluding hydrogens is 788 g/mol. The van der Waals surface area contributed by atoms with Gasteiger partial charge in [0.2, 0.25) is 5.79 Å². The molecule has 0 bridgehead atoms. The van der Waals surface area contributed by atoms with Crippen LogP contribution in [0.1, 0.15) is 75.3 Å². The van der Waals surface area contributed by atoms with E-state index in [1.807, 2.05) is 49.4 Å². The van der Waals surface area contributed by atoms with Gasteiger partial charge in [-0.15, -0.1) is 13.2 Å². The third-order valence-electron chi connectivity index (χ3n) is 12.3. The number of aliphatic hydroxyl groups is 2. The van der Waals surface area contributed by atoms with Crippen LogP contribution < -0.4 is 9.47 Å². The Morgan fingerprint density at radius 1 is 0.935 bits per heavy atom. The van der Waals surface area contributed by atoms with E-state index in [0.717, 1.165) is 47.6 Å². The first-order valence-corrected chi connectivity index (χ1v) is 22.0. The monoisotopic (exact) mass is 846 g/mol. The minimum Gasteiger partial charge on any atom is -0.459 e. The molecule has 1 saturated carbocycles. The van der Waals surface area contributed by atoms with Crippen molar-refractivity contribution >= 4 is 22.6 Å². The number of nitrogens with zero attached hydrogens (tertiary/aromatic N) is 2. The van der Waals surface area contributed by atoms with Crippen molar-refractivity contribution in [2.75, 3.05) is 33.0 Å². The summed E-state index contributed by atoms with van der Waals surface area (Å²) in [6.07, 6.45) is 10.2. The van der Waals surface area contributed by atoms with Gasteiger partial charge in [-0.3, -0.25) is 4.90 Å². The van der Waals surface area contributed by atoms with Gasteiger partial charge in [-0.05, 0) is 115 Å². The van der Waals surface area contributed by atoms with Crippen LogP contribution in [0.4, 0.5) is 9.18 Å². The van der Waals surface area contributed by atoms with Gasteiger partial charge in [0.05, 0.1) is 24.8 Å². The van der Waals surface area contributed by atoms with E-state index in [1.54, 1.807) is 29.2 Å². The van der Waals surface area contributed by atoms with Crippen molar-refractivity contribution in [3.8, 4) is 17.2 Å². The minimum atomic E-state index is -1.49. The van der Waals surface area contributed by atoms with Gasteiger partial charge in [0.25, 0.3) is 0 Å². The SMILES string of the molecule is C=CCCOC(=O)N(Cc1ccc(F)cc1)C1CC(=NOCC)C2=CC(CCCCO)C(CCCCO)C3c4cc(Oc5ccc6ccccc6c5)ccc4OC1(OCC=C)C23. The molecule has 4 aromatic rings. The maximum absolute atomic E-state index is 14.5. The normalized spacial score (nSPS) is 23.1. The zero-order valence-electron chi connectivity index (χ0n) is 35.6. The number of halogens is 1. The molecule has 62 heavy (non-hydrogen) atoms. The molecule has 2 N–H and O–H groups in total. The molecule has 328 valence electrons. The van der Waals surface area contributed by atoms with Gasteiger partial charge in [0.1, 0.15) is 35.7 Å². The van der Waals surface area contributed by atoms with Crippen LogP contribution in [0.5, 0.6) is 17.2 Å². The second-order valence-corrected chi connectivity index (χ2v) is 16.2. The summed E-state index contributed by atoms with van der Waals surface area (Å²) in [4.78, 5) is 22.0. The van der Waals surface area contributed by atoms with E-state index < -0.39 is 23.8 Å². The maximum atomic E-state index is 14.5. The summed E-state index contributed by atoms with van der Waals surface area (Å²) < 4.78 is 41.2. The molecule has 0 spiro atoms. The topological polar surface area (TPSA) is 119 Å². The van der Waals surface area contributed by atoms with Crippen LogP contribution in [0.3, 0.4) is 0 Å². The number of amides is 1. The highest BCUT2D eigenvalue weighted by Crippen LogP contribution is 2.62. The quantitative estimate of drug-likeness (QED) is 0.0483. The average Bonchev–Trinajstić information content (AvgIpc) is 3.28. The lowest BCUT2D eigenvalue weighted by Crippen LogP contribution is -2.70. The molecule has 2 aliphatic carbocycles. The van der Waals surface area contributed by atoms with Crippen molar-refractivity contribution in [3.05, 3.63) is 139 Å². The predicted molar refractivity (Wildman–Crippen MR) is 239 cm³/mol. The zero-order valence-corrected chi connectivity index (χ0v) is 35.6. The molecule has 1 fully saturated rings. The second kappa shape index (κ2) is 21.1. The van der Waals surface area contributed by atoms with E-state index in [0.29, 0.717) is 54.4 Å². The molecular formula is C51H59FN2O8. The number of carbonyl (C=O) groups is 1. The van der Waals surface area contributed by atoms with Gasteiger partial charge in [0.15, 0.2) is 0 Å². The summed E-state index contributed by atoms with van der Waals surface area (Å²) >= 11 is 0. The lowest BCUT2D eigenvalue weighted by Gasteiger charge is -2.59. The fourth-order valence-electron chi connectivity index (χ4n) is 9.62. The highest BCUT2D eigenvalue weighted by Gasteiger charge is 2.65. The van der Waals surface area contributed by atoms with Crippen molar-refractivity contribution in [2.45, 2.75) is 82.6 Å². The Bertz CT molecular complexity index is 2230. The number of allylic oxidation sites excluding steroid dienone is 1. The summed E-state index contributed by atoms with van der Waals surface area (Å²) in [6, 6.07) is 25.3. The van der Waals surface area contributed by atoms with Crippen molar-refractivity contribution in [1.29, 1.82) is 0 Å². The first-order valence-electron chi connectivity index (χ1n) is 22.0. The second-order valence-electron chi connectivity index (χ2n) is 16.2. The average molecular weight is 847 g/mol. The first-order chi connectivity index (χ1) is 30.3. The smallest absolute Gasteiger partial charge is 0.410 e. The Morgan fingerprint density at radius 3 is 2.42 bits per heavy atom. The number of oxime groups is 1. The fraction of sp³-hybridized carbons (Fsp3) is 0.412. The predicted octanol–water partition coefficient (Wildman–Crippen LogP) is 10.6. The van der Waals surface area contributed by atoms with E-state index in [2.05, 4.69) is 37.4 Å². The summed E-state index contributed by atoms with van der Waals surface area (Å²) in [5.41, 5.74) is 3.22. The lowest BCUT2D eigenvalue weighted by molar-refractivity contribution is -0.256. The van der Waals surface area contributed by atoms with Crippen molar-refractivity contribution in [2.24, 2.45) is 22.9 Å². The van der Waals surface area contributed by atoms with Gasteiger partial charge in [-0.2, -0.15) is 0 Å². The lowest BCUT2D eigenvalue weighted by atomic mass is 9.55. The summed E-state index contributed by atoms with van der Waals surface area (Å²) in [6.45, 7) is 10.5. The van der Waals surface area contributed by atoms with Gasteiger partial charge < -0.3 is 34.0 Å². The van der Waals surface area contributed by atoms with Crippen molar-refractivity contribution in [1.82, 2.24) is 4.90 Å². The maximum Gasteiger partial charge on any atom is 0.410 e. The molecule has 1 aliphatic heterocycles. The molecule has 1 amide bonds.